The van der Waals surface area contributed by atoms with Gasteiger partial charge in [-0.15, -0.1) is 0 Å². The van der Waals surface area contributed by atoms with Gasteiger partial charge in [0.1, 0.15) is 11.2 Å². The number of anilines is 3. The van der Waals surface area contributed by atoms with E-state index in [1.165, 1.54) is 48.9 Å². The van der Waals surface area contributed by atoms with E-state index in [1.807, 2.05) is 12.1 Å². The van der Waals surface area contributed by atoms with Gasteiger partial charge >= 0.3 is 0 Å². The molecule has 0 bridgehead atoms. The van der Waals surface area contributed by atoms with Gasteiger partial charge in [0, 0.05) is 49.6 Å². The standard InChI is InChI=1S/C50H32N2O/c1-2-13-34(14-3-1)40-16-6-9-19-46(40)51(39-26-29-49-45(32-39)43-18-8-11-21-48(43)53-49)37-25-28-41-36(31-37)23-27-44-42-17-7-10-20-47(42)52(50(41)44)38-24-22-33-12-4-5-15-35(33)30-38/h1-32H. The number of aromatic nitrogens is 1. The second-order valence-corrected chi connectivity index (χ2v) is 13.7. The zero-order chi connectivity index (χ0) is 34.9. The molecule has 0 aliphatic rings. The third kappa shape index (κ3) is 4.68. The van der Waals surface area contributed by atoms with E-state index in [4.69, 9.17) is 4.42 Å². The van der Waals surface area contributed by atoms with Gasteiger partial charge in [-0.25, -0.2) is 0 Å². The van der Waals surface area contributed by atoms with Gasteiger partial charge in [0.2, 0.25) is 0 Å². The van der Waals surface area contributed by atoms with Crippen LogP contribution in [0.1, 0.15) is 0 Å². The number of hydrogen-bond donors (Lipinski definition) is 0. The quantitative estimate of drug-likeness (QED) is 0.181. The van der Waals surface area contributed by atoms with Gasteiger partial charge in [0.05, 0.1) is 16.7 Å². The number of nitrogens with zero attached hydrogens (tertiary/aromatic N) is 2. The van der Waals surface area contributed by atoms with Gasteiger partial charge in [0.25, 0.3) is 0 Å². The lowest BCUT2D eigenvalue weighted by Gasteiger charge is -2.28. The second kappa shape index (κ2) is 11.7. The topological polar surface area (TPSA) is 21.3 Å². The van der Waals surface area contributed by atoms with Crippen LogP contribution in [-0.4, -0.2) is 4.57 Å². The van der Waals surface area contributed by atoms with Gasteiger partial charge in [-0.2, -0.15) is 0 Å². The van der Waals surface area contributed by atoms with Gasteiger partial charge in [0.15, 0.2) is 0 Å². The summed E-state index contributed by atoms with van der Waals surface area (Å²) in [5, 5.41) is 9.57. The van der Waals surface area contributed by atoms with Crippen LogP contribution in [0.25, 0.3) is 82.1 Å². The minimum atomic E-state index is 0.883. The molecule has 2 heterocycles. The van der Waals surface area contributed by atoms with Crippen molar-refractivity contribution < 1.29 is 4.42 Å². The zero-order valence-corrected chi connectivity index (χ0v) is 28.8. The molecule has 11 rings (SSSR count). The smallest absolute Gasteiger partial charge is 0.135 e. The number of furan rings is 1. The first-order valence-electron chi connectivity index (χ1n) is 18.1. The fourth-order valence-corrected chi connectivity index (χ4v) is 8.31. The monoisotopic (exact) mass is 676 g/mol. The van der Waals surface area contributed by atoms with Crippen LogP contribution in [0.3, 0.4) is 0 Å². The summed E-state index contributed by atoms with van der Waals surface area (Å²) in [5.74, 6) is 0. The Bertz CT molecular complexity index is 3190. The molecule has 3 heteroatoms. The molecule has 0 N–H and O–H groups in total. The van der Waals surface area contributed by atoms with Crippen molar-refractivity contribution in [3.8, 4) is 16.8 Å². The van der Waals surface area contributed by atoms with E-state index in [0.29, 0.717) is 0 Å². The van der Waals surface area contributed by atoms with E-state index in [1.54, 1.807) is 0 Å². The fraction of sp³-hybridized carbons (Fsp3) is 0. The first-order chi connectivity index (χ1) is 26.3. The molecular weight excluding hydrogens is 645 g/mol. The van der Waals surface area contributed by atoms with E-state index in [-0.39, 0.29) is 0 Å². The molecule has 0 saturated heterocycles. The molecule has 0 saturated carbocycles. The summed E-state index contributed by atoms with van der Waals surface area (Å²) in [6.45, 7) is 0. The van der Waals surface area contributed by atoms with Crippen molar-refractivity contribution >= 4 is 82.4 Å². The van der Waals surface area contributed by atoms with Crippen LogP contribution >= 0.6 is 0 Å². The summed E-state index contributed by atoms with van der Waals surface area (Å²) in [4.78, 5) is 2.39. The minimum Gasteiger partial charge on any atom is -0.456 e. The van der Waals surface area contributed by atoms with Gasteiger partial charge in [-0.05, 0) is 82.4 Å². The lowest BCUT2D eigenvalue weighted by Crippen LogP contribution is -2.11. The highest BCUT2D eigenvalue weighted by atomic mass is 16.3. The Labute approximate surface area is 306 Å². The fourth-order valence-electron chi connectivity index (χ4n) is 8.31. The molecule has 11 aromatic rings. The van der Waals surface area contributed by atoms with Crippen LogP contribution in [-0.2, 0) is 0 Å². The highest BCUT2D eigenvalue weighted by Crippen LogP contribution is 2.45. The molecular formula is C50H32N2O. The third-order valence-electron chi connectivity index (χ3n) is 10.7. The largest absolute Gasteiger partial charge is 0.456 e. The maximum Gasteiger partial charge on any atom is 0.135 e. The summed E-state index contributed by atoms with van der Waals surface area (Å²) in [6.07, 6.45) is 0. The van der Waals surface area contributed by atoms with Crippen molar-refractivity contribution in [1.29, 1.82) is 0 Å². The van der Waals surface area contributed by atoms with E-state index >= 15 is 0 Å². The number of hydrogen-bond acceptors (Lipinski definition) is 2. The van der Waals surface area contributed by atoms with Crippen LogP contribution < -0.4 is 4.90 Å². The van der Waals surface area contributed by atoms with Crippen molar-refractivity contribution in [2.75, 3.05) is 4.90 Å². The predicted octanol–water partition coefficient (Wildman–Crippen LogP) is 14.1. The third-order valence-corrected chi connectivity index (χ3v) is 10.7. The van der Waals surface area contributed by atoms with E-state index in [2.05, 4.69) is 191 Å². The summed E-state index contributed by atoms with van der Waals surface area (Å²) in [5.41, 5.74) is 11.0. The Morgan fingerprint density at radius 3 is 2.00 bits per heavy atom. The van der Waals surface area contributed by atoms with E-state index in [0.717, 1.165) is 50.3 Å². The molecule has 9 aromatic carbocycles. The Balaban J connectivity index is 1.17. The molecule has 0 radical (unpaired) electrons. The molecule has 53 heavy (non-hydrogen) atoms. The maximum atomic E-state index is 6.27. The minimum absolute atomic E-state index is 0.883. The molecule has 3 nitrogen and oxygen atoms in total. The van der Waals surface area contributed by atoms with Crippen LogP contribution in [0.2, 0.25) is 0 Å². The van der Waals surface area contributed by atoms with Crippen molar-refractivity contribution in [1.82, 2.24) is 4.57 Å². The molecule has 0 aliphatic heterocycles. The average molecular weight is 677 g/mol. The van der Waals surface area contributed by atoms with E-state index < -0.39 is 0 Å². The number of fused-ring (bicyclic) bond motifs is 9. The predicted molar refractivity (Wildman–Crippen MR) is 223 cm³/mol. The van der Waals surface area contributed by atoms with Crippen molar-refractivity contribution in [2.45, 2.75) is 0 Å². The summed E-state index contributed by atoms with van der Waals surface area (Å²) in [7, 11) is 0. The van der Waals surface area contributed by atoms with Crippen molar-refractivity contribution in [3.05, 3.63) is 194 Å². The Morgan fingerprint density at radius 1 is 0.396 bits per heavy atom. The normalized spacial score (nSPS) is 11.8. The van der Waals surface area contributed by atoms with Crippen LogP contribution in [0.15, 0.2) is 199 Å². The number of rotatable bonds is 5. The Kier molecular flexibility index (Phi) is 6.55. The number of para-hydroxylation sites is 3. The Hall–Kier alpha value is -7.10. The van der Waals surface area contributed by atoms with Crippen LogP contribution in [0, 0.1) is 0 Å². The molecule has 2 aromatic heterocycles. The zero-order valence-electron chi connectivity index (χ0n) is 28.8. The summed E-state index contributed by atoms with van der Waals surface area (Å²) >= 11 is 0. The highest BCUT2D eigenvalue weighted by Gasteiger charge is 2.21. The lowest BCUT2D eigenvalue weighted by atomic mass is 10.0. The molecule has 0 amide bonds. The maximum absolute atomic E-state index is 6.27. The number of benzene rings is 9. The van der Waals surface area contributed by atoms with Gasteiger partial charge in [-0.1, -0.05) is 133 Å². The molecule has 0 atom stereocenters. The van der Waals surface area contributed by atoms with Crippen molar-refractivity contribution in [3.63, 3.8) is 0 Å². The molecule has 248 valence electrons. The second-order valence-electron chi connectivity index (χ2n) is 13.7. The van der Waals surface area contributed by atoms with Crippen LogP contribution in [0.4, 0.5) is 17.1 Å². The average Bonchev–Trinajstić information content (AvgIpc) is 3.77. The SMILES string of the molecule is c1ccc(-c2ccccc2N(c2ccc3c(ccc4c5ccccc5n(-c5ccc6ccccc6c5)c34)c2)c2ccc3oc4ccccc4c3c2)cc1. The lowest BCUT2D eigenvalue weighted by molar-refractivity contribution is 0.669. The summed E-state index contributed by atoms with van der Waals surface area (Å²) < 4.78 is 8.71. The molecule has 0 fully saturated rings. The molecule has 0 unspecified atom stereocenters. The van der Waals surface area contributed by atoms with Gasteiger partial charge < -0.3 is 13.9 Å². The first-order valence-corrected chi connectivity index (χ1v) is 18.1. The summed E-state index contributed by atoms with van der Waals surface area (Å²) in [6, 6.07) is 69.9. The first kappa shape index (κ1) is 29.6. The van der Waals surface area contributed by atoms with Gasteiger partial charge in [-0.3, -0.25) is 0 Å². The van der Waals surface area contributed by atoms with Crippen molar-refractivity contribution in [2.24, 2.45) is 0 Å². The van der Waals surface area contributed by atoms with E-state index in [9.17, 15) is 0 Å². The Morgan fingerprint density at radius 2 is 1.08 bits per heavy atom. The molecule has 0 aliphatic carbocycles. The highest BCUT2D eigenvalue weighted by molar-refractivity contribution is 6.19. The van der Waals surface area contributed by atoms with Crippen LogP contribution in [0.5, 0.6) is 0 Å². The molecule has 0 spiro atoms.